The van der Waals surface area contributed by atoms with E-state index >= 15 is 0 Å². The number of nitrogens with one attached hydrogen (secondary N) is 1. The van der Waals surface area contributed by atoms with Gasteiger partial charge in [0.15, 0.2) is 0 Å². The number of carbonyl (C=O) groups is 1. The molecule has 4 nitrogen and oxygen atoms in total. The molecule has 0 bridgehead atoms. The number of nitrogens with zero attached hydrogens (tertiary/aromatic N) is 1. The van der Waals surface area contributed by atoms with Crippen molar-refractivity contribution in [2.45, 2.75) is 32.2 Å². The molecule has 1 aliphatic heterocycles. The summed E-state index contributed by atoms with van der Waals surface area (Å²) in [4.78, 5) is 14.2. The van der Waals surface area contributed by atoms with Crippen molar-refractivity contribution in [3.8, 4) is 5.75 Å². The summed E-state index contributed by atoms with van der Waals surface area (Å²) < 4.78 is 0. The van der Waals surface area contributed by atoms with E-state index in [0.717, 1.165) is 44.3 Å². The predicted molar refractivity (Wildman–Crippen MR) is 99.4 cm³/mol. The molecule has 0 radical (unpaired) electrons. The van der Waals surface area contributed by atoms with Crippen molar-refractivity contribution in [3.63, 3.8) is 0 Å². The van der Waals surface area contributed by atoms with Gasteiger partial charge in [-0.1, -0.05) is 42.5 Å². The number of phenolic OH excluding ortho intramolecular Hbond substituents is 1. The molecule has 1 saturated heterocycles. The lowest BCUT2D eigenvalue weighted by Gasteiger charge is -2.32. The first-order valence-electron chi connectivity index (χ1n) is 9.05. The van der Waals surface area contributed by atoms with E-state index < -0.39 is 0 Å². The highest BCUT2D eigenvalue weighted by Crippen LogP contribution is 2.23. The summed E-state index contributed by atoms with van der Waals surface area (Å²) in [5.41, 5.74) is 2.39. The van der Waals surface area contributed by atoms with Crippen LogP contribution in [0, 0.1) is 5.92 Å². The van der Waals surface area contributed by atoms with Gasteiger partial charge in [0, 0.05) is 19.6 Å². The fraction of sp³-hybridized carbons (Fsp3) is 0.381. The molecule has 0 atom stereocenters. The quantitative estimate of drug-likeness (QED) is 0.867. The molecule has 1 fully saturated rings. The molecule has 2 N–H and O–H groups in total. The average Bonchev–Trinajstić information content (AvgIpc) is 2.67. The number of rotatable bonds is 5. The first kappa shape index (κ1) is 17.3. The summed E-state index contributed by atoms with van der Waals surface area (Å²) in [6.45, 7) is 2.25. The van der Waals surface area contributed by atoms with Crippen LogP contribution in [0.5, 0.6) is 5.75 Å². The summed E-state index contributed by atoms with van der Waals surface area (Å²) in [7, 11) is 0. The summed E-state index contributed by atoms with van der Waals surface area (Å²) in [5.74, 6) is 0.991. The minimum absolute atomic E-state index is 0.0424. The molecule has 0 aliphatic carbocycles. The molecule has 1 heterocycles. The van der Waals surface area contributed by atoms with Crippen LogP contribution in [0.25, 0.3) is 0 Å². The number of benzene rings is 2. The van der Waals surface area contributed by atoms with Gasteiger partial charge in [0.05, 0.1) is 0 Å². The van der Waals surface area contributed by atoms with Crippen molar-refractivity contribution in [1.29, 1.82) is 0 Å². The zero-order valence-electron chi connectivity index (χ0n) is 14.5. The van der Waals surface area contributed by atoms with Crippen LogP contribution in [-0.4, -0.2) is 29.1 Å². The third-order valence-corrected chi connectivity index (χ3v) is 4.97. The summed E-state index contributed by atoms with van der Waals surface area (Å²) in [5, 5.41) is 12.3. The van der Waals surface area contributed by atoms with Gasteiger partial charge in [-0.05, 0) is 54.9 Å². The molecule has 4 heteroatoms. The lowest BCUT2D eigenvalue weighted by atomic mass is 9.90. The topological polar surface area (TPSA) is 52.6 Å². The molecule has 2 aromatic carbocycles. The van der Waals surface area contributed by atoms with Gasteiger partial charge in [0.2, 0.25) is 0 Å². The molecule has 2 aromatic rings. The van der Waals surface area contributed by atoms with Crippen molar-refractivity contribution >= 4 is 6.03 Å². The summed E-state index contributed by atoms with van der Waals surface area (Å²) >= 11 is 0. The molecule has 132 valence electrons. The van der Waals surface area contributed by atoms with Crippen LogP contribution in [0.4, 0.5) is 4.79 Å². The SMILES string of the molecule is O=C(NCc1ccccc1)N1CCC(CCc2ccc(O)cc2)CC1. The Labute approximate surface area is 149 Å². The lowest BCUT2D eigenvalue weighted by Crippen LogP contribution is -2.44. The number of hydrogen-bond donors (Lipinski definition) is 2. The van der Waals surface area contributed by atoms with E-state index in [4.69, 9.17) is 0 Å². The Balaban J connectivity index is 1.37. The Hall–Kier alpha value is -2.49. The Bertz CT molecular complexity index is 662. The standard InChI is InChI=1S/C21H26N2O2/c24-20-10-8-17(9-11-20)6-7-18-12-14-23(15-13-18)21(25)22-16-19-4-2-1-3-5-19/h1-5,8-11,18,24H,6-7,12-16H2,(H,22,25). The third-order valence-electron chi connectivity index (χ3n) is 4.97. The van der Waals surface area contributed by atoms with Crippen molar-refractivity contribution in [1.82, 2.24) is 10.2 Å². The van der Waals surface area contributed by atoms with Crippen LogP contribution in [0.15, 0.2) is 54.6 Å². The largest absolute Gasteiger partial charge is 0.508 e. The first-order chi connectivity index (χ1) is 12.2. The van der Waals surface area contributed by atoms with Gasteiger partial charge in [-0.15, -0.1) is 0 Å². The van der Waals surface area contributed by atoms with Crippen LogP contribution in [0.3, 0.4) is 0 Å². The first-order valence-corrected chi connectivity index (χ1v) is 9.05. The van der Waals surface area contributed by atoms with Crippen LogP contribution >= 0.6 is 0 Å². The number of urea groups is 1. The van der Waals surface area contributed by atoms with Crippen LogP contribution < -0.4 is 5.32 Å². The molecule has 3 rings (SSSR count). The molecule has 25 heavy (non-hydrogen) atoms. The monoisotopic (exact) mass is 338 g/mol. The number of amides is 2. The molecular formula is C21H26N2O2. The second-order valence-corrected chi connectivity index (χ2v) is 6.78. The highest BCUT2D eigenvalue weighted by atomic mass is 16.3. The minimum atomic E-state index is 0.0424. The van der Waals surface area contributed by atoms with Crippen LogP contribution in [-0.2, 0) is 13.0 Å². The average molecular weight is 338 g/mol. The van der Waals surface area contributed by atoms with E-state index in [2.05, 4.69) is 5.32 Å². The van der Waals surface area contributed by atoms with E-state index in [1.54, 1.807) is 12.1 Å². The molecule has 1 aliphatic rings. The fourth-order valence-corrected chi connectivity index (χ4v) is 3.34. The van der Waals surface area contributed by atoms with Crippen LogP contribution in [0.1, 0.15) is 30.4 Å². The Morgan fingerprint density at radius 2 is 1.68 bits per heavy atom. The number of likely N-dealkylation sites (tertiary alicyclic amines) is 1. The second kappa shape index (κ2) is 8.56. The highest BCUT2D eigenvalue weighted by molar-refractivity contribution is 5.74. The highest BCUT2D eigenvalue weighted by Gasteiger charge is 2.22. The molecule has 2 amide bonds. The molecule has 0 aromatic heterocycles. The van der Waals surface area contributed by atoms with E-state index in [1.807, 2.05) is 47.4 Å². The summed E-state index contributed by atoms with van der Waals surface area (Å²) in [6, 6.07) is 17.5. The predicted octanol–water partition coefficient (Wildman–Crippen LogP) is 3.95. The Kier molecular flexibility index (Phi) is 5.94. The van der Waals surface area contributed by atoms with Crippen molar-refractivity contribution in [3.05, 3.63) is 65.7 Å². The van der Waals surface area contributed by atoms with Gasteiger partial charge in [0.1, 0.15) is 5.75 Å². The zero-order chi connectivity index (χ0) is 17.5. The fourth-order valence-electron chi connectivity index (χ4n) is 3.34. The van der Waals surface area contributed by atoms with E-state index in [9.17, 15) is 9.90 Å². The molecule has 0 unspecified atom stereocenters. The van der Waals surface area contributed by atoms with Crippen molar-refractivity contribution in [2.24, 2.45) is 5.92 Å². The minimum Gasteiger partial charge on any atom is -0.508 e. The second-order valence-electron chi connectivity index (χ2n) is 6.78. The van der Waals surface area contributed by atoms with E-state index in [-0.39, 0.29) is 6.03 Å². The molecular weight excluding hydrogens is 312 g/mol. The zero-order valence-corrected chi connectivity index (χ0v) is 14.5. The maximum absolute atomic E-state index is 12.3. The van der Waals surface area contributed by atoms with Gasteiger partial charge in [-0.2, -0.15) is 0 Å². The molecule has 0 saturated carbocycles. The lowest BCUT2D eigenvalue weighted by molar-refractivity contribution is 0.168. The number of phenols is 1. The van der Waals surface area contributed by atoms with Gasteiger partial charge < -0.3 is 15.3 Å². The normalized spacial score (nSPS) is 15.1. The van der Waals surface area contributed by atoms with Crippen LogP contribution in [0.2, 0.25) is 0 Å². The van der Waals surface area contributed by atoms with Crippen molar-refractivity contribution in [2.75, 3.05) is 13.1 Å². The van der Waals surface area contributed by atoms with E-state index in [1.165, 1.54) is 5.56 Å². The number of aromatic hydroxyl groups is 1. The smallest absolute Gasteiger partial charge is 0.317 e. The molecule has 0 spiro atoms. The van der Waals surface area contributed by atoms with Gasteiger partial charge in [0.25, 0.3) is 0 Å². The number of carbonyl (C=O) groups excluding carboxylic acids is 1. The van der Waals surface area contributed by atoms with Gasteiger partial charge >= 0.3 is 6.03 Å². The number of piperidine rings is 1. The third kappa shape index (κ3) is 5.24. The Morgan fingerprint density at radius 1 is 1.00 bits per heavy atom. The van der Waals surface area contributed by atoms with E-state index in [0.29, 0.717) is 18.2 Å². The van der Waals surface area contributed by atoms with Gasteiger partial charge in [-0.25, -0.2) is 4.79 Å². The number of hydrogen-bond acceptors (Lipinski definition) is 2. The van der Waals surface area contributed by atoms with Gasteiger partial charge in [-0.3, -0.25) is 0 Å². The summed E-state index contributed by atoms with van der Waals surface area (Å²) in [6.07, 6.45) is 4.31. The maximum atomic E-state index is 12.3. The Morgan fingerprint density at radius 3 is 2.36 bits per heavy atom. The maximum Gasteiger partial charge on any atom is 0.317 e. The number of aryl methyl sites for hydroxylation is 1. The van der Waals surface area contributed by atoms with Crippen molar-refractivity contribution < 1.29 is 9.90 Å².